The molecule has 0 aromatic heterocycles. The van der Waals surface area contributed by atoms with Gasteiger partial charge in [-0.1, -0.05) is 6.92 Å². The van der Waals surface area contributed by atoms with Crippen molar-refractivity contribution in [2.75, 3.05) is 26.2 Å². The molecule has 2 fully saturated rings. The number of carbonyl (C=O) groups is 1. The number of carbonyl (C=O) groups excluding carboxylic acids is 1. The number of sulfonamides is 1. The first-order valence-electron chi connectivity index (χ1n) is 9.12. The van der Waals surface area contributed by atoms with Gasteiger partial charge in [0.05, 0.1) is 4.90 Å². The number of nitrogens with zero attached hydrogens (tertiary/aromatic N) is 1. The highest BCUT2D eigenvalue weighted by atomic mass is 35.5. The lowest BCUT2D eigenvalue weighted by molar-refractivity contribution is 0.0690. The second-order valence-electron chi connectivity index (χ2n) is 6.96. The van der Waals surface area contributed by atoms with Crippen LogP contribution in [-0.2, 0) is 10.0 Å². The SMILES string of the molecule is CCNCC1CCN(C(=O)c2ccc(S(=O)(=O)NC3CC3)cc2)CC1.Cl. The molecule has 0 unspecified atom stereocenters. The van der Waals surface area contributed by atoms with Gasteiger partial charge in [0.2, 0.25) is 10.0 Å². The van der Waals surface area contributed by atoms with E-state index in [2.05, 4.69) is 17.0 Å². The lowest BCUT2D eigenvalue weighted by Crippen LogP contribution is -2.40. The Morgan fingerprint density at radius 3 is 2.27 bits per heavy atom. The summed E-state index contributed by atoms with van der Waals surface area (Å²) in [7, 11) is -3.46. The number of nitrogens with one attached hydrogen (secondary N) is 2. The van der Waals surface area contributed by atoms with Crippen LogP contribution in [0, 0.1) is 5.92 Å². The van der Waals surface area contributed by atoms with Gasteiger partial charge in [-0.05, 0) is 69.0 Å². The highest BCUT2D eigenvalue weighted by Gasteiger charge is 2.28. The molecule has 1 saturated carbocycles. The smallest absolute Gasteiger partial charge is 0.253 e. The summed E-state index contributed by atoms with van der Waals surface area (Å²) < 4.78 is 27.0. The first kappa shape index (κ1) is 21.2. The second kappa shape index (κ2) is 9.17. The normalized spacial score (nSPS) is 18.4. The Balaban J connectivity index is 0.00000243. The zero-order valence-electron chi connectivity index (χ0n) is 15.1. The summed E-state index contributed by atoms with van der Waals surface area (Å²) in [5.41, 5.74) is 0.551. The summed E-state index contributed by atoms with van der Waals surface area (Å²) in [6.07, 6.45) is 3.83. The van der Waals surface area contributed by atoms with Crippen LogP contribution in [-0.4, -0.2) is 51.4 Å². The quantitative estimate of drug-likeness (QED) is 0.732. The maximum absolute atomic E-state index is 12.6. The largest absolute Gasteiger partial charge is 0.339 e. The third-order valence-corrected chi connectivity index (χ3v) is 6.43. The third kappa shape index (κ3) is 5.42. The number of amides is 1. The molecule has 0 bridgehead atoms. The predicted molar refractivity (Wildman–Crippen MR) is 104 cm³/mol. The molecule has 3 rings (SSSR count). The monoisotopic (exact) mass is 401 g/mol. The van der Waals surface area contributed by atoms with Gasteiger partial charge in [0.25, 0.3) is 5.91 Å². The fraction of sp³-hybridized carbons (Fsp3) is 0.611. The van der Waals surface area contributed by atoms with Crippen LogP contribution in [0.1, 0.15) is 43.0 Å². The molecule has 26 heavy (non-hydrogen) atoms. The molecule has 8 heteroatoms. The molecule has 2 N–H and O–H groups in total. The van der Waals surface area contributed by atoms with Crippen LogP contribution >= 0.6 is 12.4 Å². The summed E-state index contributed by atoms with van der Waals surface area (Å²) in [5, 5.41) is 3.37. The minimum Gasteiger partial charge on any atom is -0.339 e. The lowest BCUT2D eigenvalue weighted by Gasteiger charge is -2.32. The van der Waals surface area contributed by atoms with Crippen LogP contribution in [0.15, 0.2) is 29.2 Å². The van der Waals surface area contributed by atoms with E-state index in [1.54, 1.807) is 12.1 Å². The maximum Gasteiger partial charge on any atom is 0.253 e. The van der Waals surface area contributed by atoms with Gasteiger partial charge >= 0.3 is 0 Å². The third-order valence-electron chi connectivity index (χ3n) is 4.90. The number of piperidine rings is 1. The molecule has 2 aliphatic rings. The number of benzene rings is 1. The van der Waals surface area contributed by atoms with Crippen molar-refractivity contribution in [2.45, 2.75) is 43.5 Å². The molecule has 146 valence electrons. The Morgan fingerprint density at radius 2 is 1.73 bits per heavy atom. The molecule has 0 atom stereocenters. The van der Waals surface area contributed by atoms with Gasteiger partial charge < -0.3 is 10.2 Å². The Labute approximate surface area is 162 Å². The van der Waals surface area contributed by atoms with E-state index in [9.17, 15) is 13.2 Å². The molecule has 1 aromatic carbocycles. The summed E-state index contributed by atoms with van der Waals surface area (Å²) in [4.78, 5) is 14.7. The Hall–Kier alpha value is -1.15. The molecule has 1 aromatic rings. The first-order chi connectivity index (χ1) is 12.0. The van der Waals surface area contributed by atoms with Crippen molar-refractivity contribution in [1.82, 2.24) is 14.9 Å². The molecule has 0 radical (unpaired) electrons. The zero-order valence-corrected chi connectivity index (χ0v) is 16.7. The molecular formula is C18H28ClN3O3S. The Bertz CT molecular complexity index is 697. The van der Waals surface area contributed by atoms with Gasteiger partial charge in [-0.3, -0.25) is 4.79 Å². The van der Waals surface area contributed by atoms with Crippen molar-refractivity contribution in [3.05, 3.63) is 29.8 Å². The lowest BCUT2D eigenvalue weighted by atomic mass is 9.96. The van der Waals surface area contributed by atoms with Crippen molar-refractivity contribution in [1.29, 1.82) is 0 Å². The van der Waals surface area contributed by atoms with Crippen LogP contribution in [0.4, 0.5) is 0 Å². The van der Waals surface area contributed by atoms with Crippen molar-refractivity contribution in [3.63, 3.8) is 0 Å². The van der Waals surface area contributed by atoms with Crippen molar-refractivity contribution in [3.8, 4) is 0 Å². The fourth-order valence-electron chi connectivity index (χ4n) is 3.14. The van der Waals surface area contributed by atoms with Crippen molar-refractivity contribution < 1.29 is 13.2 Å². The van der Waals surface area contributed by atoms with E-state index in [0.29, 0.717) is 11.5 Å². The van der Waals surface area contributed by atoms with E-state index >= 15 is 0 Å². The predicted octanol–water partition coefficient (Wildman–Crippen LogP) is 2.01. The minimum atomic E-state index is -3.46. The number of rotatable bonds is 7. The van der Waals surface area contributed by atoms with Gasteiger partial charge in [0.15, 0.2) is 0 Å². The minimum absolute atomic E-state index is 0. The Kier molecular flexibility index (Phi) is 7.46. The fourth-order valence-corrected chi connectivity index (χ4v) is 4.44. The Morgan fingerprint density at radius 1 is 1.12 bits per heavy atom. The molecule has 1 aliphatic heterocycles. The number of likely N-dealkylation sites (tertiary alicyclic amines) is 1. The van der Waals surface area contributed by atoms with Gasteiger partial charge in [0, 0.05) is 24.7 Å². The van der Waals surface area contributed by atoms with E-state index in [-0.39, 0.29) is 29.3 Å². The van der Waals surface area contributed by atoms with Crippen molar-refractivity contribution in [2.24, 2.45) is 5.92 Å². The van der Waals surface area contributed by atoms with Gasteiger partial charge in [-0.15, -0.1) is 12.4 Å². The highest BCUT2D eigenvalue weighted by molar-refractivity contribution is 7.89. The number of hydrogen-bond donors (Lipinski definition) is 2. The number of hydrogen-bond acceptors (Lipinski definition) is 4. The standard InChI is InChI=1S/C18H27N3O3S.ClH/c1-2-19-13-14-9-11-21(12-10-14)18(22)15-3-7-17(8-4-15)25(23,24)20-16-5-6-16;/h3-4,7-8,14,16,19-20H,2,5-6,9-13H2,1H3;1H. The molecule has 1 amide bonds. The van der Waals surface area contributed by atoms with E-state index in [1.165, 1.54) is 12.1 Å². The number of halogens is 1. The van der Waals surface area contributed by atoms with Crippen LogP contribution in [0.25, 0.3) is 0 Å². The summed E-state index contributed by atoms with van der Waals surface area (Å²) in [6.45, 7) is 5.61. The van der Waals surface area contributed by atoms with Gasteiger partial charge in [-0.25, -0.2) is 13.1 Å². The molecule has 0 spiro atoms. The van der Waals surface area contributed by atoms with Crippen LogP contribution in [0.3, 0.4) is 0 Å². The van der Waals surface area contributed by atoms with Crippen LogP contribution < -0.4 is 10.0 Å². The second-order valence-corrected chi connectivity index (χ2v) is 8.68. The average molecular weight is 402 g/mol. The van der Waals surface area contributed by atoms with E-state index in [4.69, 9.17) is 0 Å². The van der Waals surface area contributed by atoms with Crippen LogP contribution in [0.5, 0.6) is 0 Å². The molecule has 1 heterocycles. The first-order valence-corrected chi connectivity index (χ1v) is 10.6. The van der Waals surface area contributed by atoms with E-state index in [1.807, 2.05) is 4.90 Å². The van der Waals surface area contributed by atoms with Gasteiger partial charge in [0.1, 0.15) is 0 Å². The van der Waals surface area contributed by atoms with E-state index in [0.717, 1.165) is 51.9 Å². The topological polar surface area (TPSA) is 78.5 Å². The summed E-state index contributed by atoms with van der Waals surface area (Å²) in [5.74, 6) is 0.617. The summed E-state index contributed by atoms with van der Waals surface area (Å²) >= 11 is 0. The molecule has 1 aliphatic carbocycles. The van der Waals surface area contributed by atoms with Crippen molar-refractivity contribution >= 4 is 28.3 Å². The van der Waals surface area contributed by atoms with Crippen LogP contribution in [0.2, 0.25) is 0 Å². The summed E-state index contributed by atoms with van der Waals surface area (Å²) in [6, 6.07) is 6.37. The molecule has 6 nitrogen and oxygen atoms in total. The van der Waals surface area contributed by atoms with Gasteiger partial charge in [-0.2, -0.15) is 0 Å². The van der Waals surface area contributed by atoms with E-state index < -0.39 is 10.0 Å². The molecule has 1 saturated heterocycles. The average Bonchev–Trinajstić information content (AvgIpc) is 3.43. The maximum atomic E-state index is 12.6. The zero-order chi connectivity index (χ0) is 17.9. The highest BCUT2D eigenvalue weighted by Crippen LogP contribution is 2.23. The molecular weight excluding hydrogens is 374 g/mol.